The molecule has 0 spiro atoms. The minimum atomic E-state index is 0.475. The van der Waals surface area contributed by atoms with Gasteiger partial charge in [-0.2, -0.15) is 0 Å². The quantitative estimate of drug-likeness (QED) is 0.679. The van der Waals surface area contributed by atoms with E-state index in [1.54, 1.807) is 9.48 Å². The van der Waals surface area contributed by atoms with E-state index < -0.39 is 0 Å². The number of benzene rings is 2. The van der Waals surface area contributed by atoms with E-state index in [2.05, 4.69) is 10.3 Å². The van der Waals surface area contributed by atoms with Crippen LogP contribution in [0.15, 0.2) is 60.7 Å². The van der Waals surface area contributed by atoms with Gasteiger partial charge in [0, 0.05) is 4.80 Å². The molecule has 3 rings (SSSR count). The molecule has 0 atom stereocenters. The molecular weight excluding hydrogens is 252 g/mol. The molecule has 5 nitrogen and oxygen atoms in total. The van der Waals surface area contributed by atoms with Crippen molar-refractivity contribution in [3.63, 3.8) is 0 Å². The summed E-state index contributed by atoms with van der Waals surface area (Å²) in [7, 11) is 0. The fourth-order valence-electron chi connectivity index (χ4n) is 1.89. The first-order chi connectivity index (χ1) is 9.88. The Morgan fingerprint density at radius 3 is 2.30 bits per heavy atom. The van der Waals surface area contributed by atoms with Crippen molar-refractivity contribution in [2.45, 2.75) is 6.92 Å². The van der Waals surface area contributed by atoms with Gasteiger partial charge in [-0.3, -0.25) is 0 Å². The molecule has 1 aromatic heterocycles. The Bertz CT molecular complexity index is 680. The van der Waals surface area contributed by atoms with Gasteiger partial charge >= 0.3 is 6.01 Å². The summed E-state index contributed by atoms with van der Waals surface area (Å²) in [6, 6.07) is 20.0. The summed E-state index contributed by atoms with van der Waals surface area (Å²) in [5.41, 5.74) is 1.81. The Labute approximate surface area is 117 Å². The summed E-state index contributed by atoms with van der Waals surface area (Å²) in [5, 5.41) is 8.86. The van der Waals surface area contributed by atoms with Crippen LogP contribution >= 0.6 is 0 Å². The van der Waals surface area contributed by atoms with E-state index >= 15 is 0 Å². The number of nitrogens with zero attached hydrogens (tertiary/aromatic N) is 4. The lowest BCUT2D eigenvalue weighted by Gasteiger charge is -1.96. The summed E-state index contributed by atoms with van der Waals surface area (Å²) >= 11 is 0. The van der Waals surface area contributed by atoms with E-state index in [1.807, 2.05) is 67.6 Å². The van der Waals surface area contributed by atoms with Crippen molar-refractivity contribution < 1.29 is 9.42 Å². The number of rotatable bonds is 4. The van der Waals surface area contributed by atoms with E-state index in [0.717, 1.165) is 11.4 Å². The van der Waals surface area contributed by atoms with Crippen LogP contribution in [0.3, 0.4) is 0 Å². The first-order valence-corrected chi connectivity index (χ1v) is 6.52. The Morgan fingerprint density at radius 2 is 1.65 bits per heavy atom. The first kappa shape index (κ1) is 12.3. The van der Waals surface area contributed by atoms with Crippen molar-refractivity contribution >= 4 is 0 Å². The molecule has 5 heteroatoms. The zero-order chi connectivity index (χ0) is 13.8. The molecule has 0 bridgehead atoms. The zero-order valence-electron chi connectivity index (χ0n) is 11.2. The van der Waals surface area contributed by atoms with Gasteiger partial charge in [-0.25, -0.2) is 0 Å². The van der Waals surface area contributed by atoms with E-state index in [9.17, 15) is 0 Å². The second-order valence-electron chi connectivity index (χ2n) is 4.18. The van der Waals surface area contributed by atoms with Crippen LogP contribution in [-0.4, -0.2) is 21.7 Å². The van der Waals surface area contributed by atoms with Gasteiger partial charge in [0.05, 0.1) is 11.8 Å². The highest BCUT2D eigenvalue weighted by Crippen LogP contribution is 2.08. The molecule has 0 saturated heterocycles. The Morgan fingerprint density at radius 1 is 1.00 bits per heavy atom. The molecule has 100 valence electrons. The number of ether oxygens (including phenoxy) is 1. The van der Waals surface area contributed by atoms with Crippen molar-refractivity contribution in [2.24, 2.45) is 0 Å². The summed E-state index contributed by atoms with van der Waals surface area (Å²) < 4.78 is 7.25. The second-order valence-corrected chi connectivity index (χ2v) is 4.18. The molecule has 0 aliphatic heterocycles. The van der Waals surface area contributed by atoms with Gasteiger partial charge < -0.3 is 4.74 Å². The molecule has 0 amide bonds. The summed E-state index contributed by atoms with van der Waals surface area (Å²) in [4.78, 5) is 1.57. The van der Waals surface area contributed by atoms with Crippen molar-refractivity contribution in [2.75, 3.05) is 6.61 Å². The van der Waals surface area contributed by atoms with Gasteiger partial charge in [0.2, 0.25) is 0 Å². The minimum absolute atomic E-state index is 0.475. The summed E-state index contributed by atoms with van der Waals surface area (Å²) in [5.74, 6) is 0. The smallest absolute Gasteiger partial charge is 0.437 e. The fourth-order valence-corrected chi connectivity index (χ4v) is 1.89. The molecule has 3 aromatic rings. The topological polar surface area (TPSA) is 43.8 Å². The van der Waals surface area contributed by atoms with Crippen LogP contribution in [0.2, 0.25) is 0 Å². The molecule has 0 unspecified atom stereocenters. The third kappa shape index (κ3) is 2.38. The maximum atomic E-state index is 5.56. The van der Waals surface area contributed by atoms with Gasteiger partial charge in [-0.15, -0.1) is 0 Å². The maximum absolute atomic E-state index is 5.56. The van der Waals surface area contributed by atoms with E-state index in [-0.39, 0.29) is 0 Å². The monoisotopic (exact) mass is 267 g/mol. The molecule has 1 heterocycles. The fraction of sp³-hybridized carbons (Fsp3) is 0.133. The molecule has 0 fully saturated rings. The van der Waals surface area contributed by atoms with Crippen LogP contribution in [0.5, 0.6) is 6.01 Å². The first-order valence-electron chi connectivity index (χ1n) is 6.52. The Kier molecular flexibility index (Phi) is 3.41. The lowest BCUT2D eigenvalue weighted by Crippen LogP contribution is -2.35. The lowest BCUT2D eigenvalue weighted by atomic mass is 10.3. The average molecular weight is 267 g/mol. The summed E-state index contributed by atoms with van der Waals surface area (Å²) in [6.45, 7) is 2.47. The Hall–Kier alpha value is -2.69. The van der Waals surface area contributed by atoms with E-state index in [1.165, 1.54) is 0 Å². The van der Waals surface area contributed by atoms with Crippen LogP contribution in [0.4, 0.5) is 0 Å². The molecular formula is C15H15N4O+. The van der Waals surface area contributed by atoms with Crippen LogP contribution in [0, 0.1) is 0 Å². The minimum Gasteiger partial charge on any atom is -0.437 e. The van der Waals surface area contributed by atoms with Crippen LogP contribution < -0.4 is 9.42 Å². The number of para-hydroxylation sites is 2. The molecule has 0 aliphatic rings. The van der Waals surface area contributed by atoms with Gasteiger partial charge in [0.1, 0.15) is 10.8 Å². The number of aromatic nitrogens is 4. The predicted molar refractivity (Wildman–Crippen MR) is 74.1 cm³/mol. The normalized spacial score (nSPS) is 10.4. The Balaban J connectivity index is 2.08. The number of hydrogen-bond donors (Lipinski definition) is 0. The average Bonchev–Trinajstić information content (AvgIpc) is 2.94. The predicted octanol–water partition coefficient (Wildman–Crippen LogP) is 1.94. The lowest BCUT2D eigenvalue weighted by molar-refractivity contribution is -0.667. The molecule has 0 radical (unpaired) electrons. The molecule has 0 saturated carbocycles. The van der Waals surface area contributed by atoms with Gasteiger partial charge in [-0.05, 0) is 31.2 Å². The molecule has 0 N–H and O–H groups in total. The maximum Gasteiger partial charge on any atom is 0.495 e. The highest BCUT2D eigenvalue weighted by atomic mass is 16.5. The SMILES string of the molecule is CCOc1nn(-c2ccccc2)n[n+]1-c1ccccc1. The van der Waals surface area contributed by atoms with Crippen molar-refractivity contribution in [1.82, 2.24) is 15.1 Å². The third-order valence-corrected chi connectivity index (χ3v) is 2.80. The zero-order valence-corrected chi connectivity index (χ0v) is 11.2. The van der Waals surface area contributed by atoms with Crippen LogP contribution in [0.25, 0.3) is 11.4 Å². The standard InChI is InChI=1S/C15H15N4O/c1-2-20-15-16-19(14-11-7-4-8-12-14)17-18(15)13-9-5-3-6-10-13/h3-12H,2H2,1H3/q+1. The third-order valence-electron chi connectivity index (χ3n) is 2.80. The van der Waals surface area contributed by atoms with Crippen LogP contribution in [0.1, 0.15) is 6.92 Å². The van der Waals surface area contributed by atoms with E-state index in [0.29, 0.717) is 12.6 Å². The van der Waals surface area contributed by atoms with Crippen molar-refractivity contribution in [1.29, 1.82) is 0 Å². The number of tetrazole rings is 1. The molecule has 20 heavy (non-hydrogen) atoms. The number of hydrogen-bond acceptors (Lipinski definition) is 3. The summed E-state index contributed by atoms with van der Waals surface area (Å²) in [6.07, 6.45) is 0. The van der Waals surface area contributed by atoms with Crippen molar-refractivity contribution in [3.8, 4) is 17.4 Å². The molecule has 0 aliphatic carbocycles. The van der Waals surface area contributed by atoms with Gasteiger partial charge in [-0.1, -0.05) is 41.1 Å². The van der Waals surface area contributed by atoms with Crippen LogP contribution in [-0.2, 0) is 0 Å². The highest BCUT2D eigenvalue weighted by molar-refractivity contribution is 5.28. The van der Waals surface area contributed by atoms with Gasteiger partial charge in [0.25, 0.3) is 0 Å². The molecule has 2 aromatic carbocycles. The second kappa shape index (κ2) is 5.52. The van der Waals surface area contributed by atoms with Crippen molar-refractivity contribution in [3.05, 3.63) is 60.7 Å². The highest BCUT2D eigenvalue weighted by Gasteiger charge is 2.23. The van der Waals surface area contributed by atoms with Gasteiger partial charge in [0.15, 0.2) is 5.69 Å². The van der Waals surface area contributed by atoms with E-state index in [4.69, 9.17) is 4.74 Å². The largest absolute Gasteiger partial charge is 0.495 e.